The van der Waals surface area contributed by atoms with Gasteiger partial charge in [0.25, 0.3) is 5.91 Å². The number of furan rings is 1. The highest BCUT2D eigenvalue weighted by atomic mass is 19.1. The molecule has 7 heteroatoms. The SMILES string of the molecule is Cc1coc(CC(=O)O)c1C(=O)Nc1ccc(OC2CCC2)c(F)c1. The minimum absolute atomic E-state index is 0.0575. The van der Waals surface area contributed by atoms with Crippen LogP contribution in [0, 0.1) is 12.7 Å². The minimum atomic E-state index is -1.10. The third-order valence-electron chi connectivity index (χ3n) is 4.13. The summed E-state index contributed by atoms with van der Waals surface area (Å²) in [4.78, 5) is 23.3. The molecule has 1 heterocycles. The molecule has 1 aliphatic rings. The van der Waals surface area contributed by atoms with E-state index in [2.05, 4.69) is 5.32 Å². The van der Waals surface area contributed by atoms with E-state index in [4.69, 9.17) is 14.3 Å². The van der Waals surface area contributed by atoms with Gasteiger partial charge in [0.2, 0.25) is 0 Å². The molecule has 1 aromatic carbocycles. The highest BCUT2D eigenvalue weighted by molar-refractivity contribution is 6.06. The number of aliphatic carboxylic acids is 1. The normalized spacial score (nSPS) is 14.0. The van der Waals surface area contributed by atoms with Gasteiger partial charge in [-0.1, -0.05) is 0 Å². The van der Waals surface area contributed by atoms with Crippen LogP contribution in [0.3, 0.4) is 0 Å². The summed E-state index contributed by atoms with van der Waals surface area (Å²) in [5.74, 6) is -1.98. The molecule has 1 fully saturated rings. The molecule has 0 bridgehead atoms. The lowest BCUT2D eigenvalue weighted by Gasteiger charge is -2.26. The Morgan fingerprint density at radius 3 is 2.76 bits per heavy atom. The highest BCUT2D eigenvalue weighted by Crippen LogP contribution is 2.29. The van der Waals surface area contributed by atoms with Crippen LogP contribution in [0.5, 0.6) is 5.75 Å². The first-order chi connectivity index (χ1) is 11.9. The maximum Gasteiger partial charge on any atom is 0.311 e. The molecule has 6 nitrogen and oxygen atoms in total. The molecule has 1 aliphatic carbocycles. The Balaban J connectivity index is 1.73. The molecule has 0 atom stereocenters. The number of amides is 1. The van der Waals surface area contributed by atoms with Crippen LogP contribution >= 0.6 is 0 Å². The Morgan fingerprint density at radius 1 is 1.40 bits per heavy atom. The lowest BCUT2D eigenvalue weighted by molar-refractivity contribution is -0.136. The number of nitrogens with one attached hydrogen (secondary N) is 1. The van der Waals surface area contributed by atoms with E-state index in [1.54, 1.807) is 13.0 Å². The summed E-state index contributed by atoms with van der Waals surface area (Å²) in [6.07, 6.45) is 3.90. The molecule has 132 valence electrons. The number of ether oxygens (including phenoxy) is 1. The molecular weight excluding hydrogens is 329 g/mol. The lowest BCUT2D eigenvalue weighted by atomic mass is 9.96. The van der Waals surface area contributed by atoms with Crippen LogP contribution < -0.4 is 10.1 Å². The van der Waals surface area contributed by atoms with Crippen molar-refractivity contribution in [3.8, 4) is 5.75 Å². The number of hydrogen-bond donors (Lipinski definition) is 2. The number of carbonyl (C=O) groups is 2. The summed E-state index contributed by atoms with van der Waals surface area (Å²) >= 11 is 0. The van der Waals surface area contributed by atoms with Gasteiger partial charge in [-0.05, 0) is 38.3 Å². The average molecular weight is 347 g/mol. The van der Waals surface area contributed by atoms with Crippen LogP contribution in [0.2, 0.25) is 0 Å². The molecule has 0 saturated heterocycles. The zero-order chi connectivity index (χ0) is 18.0. The summed E-state index contributed by atoms with van der Waals surface area (Å²) in [6.45, 7) is 1.64. The predicted octanol–water partition coefficient (Wildman–Crippen LogP) is 3.54. The molecule has 0 spiro atoms. The number of rotatable bonds is 6. The van der Waals surface area contributed by atoms with Gasteiger partial charge < -0.3 is 19.6 Å². The number of aryl methyl sites for hydroxylation is 1. The first kappa shape index (κ1) is 17.0. The van der Waals surface area contributed by atoms with Crippen LogP contribution in [0.1, 0.15) is 40.9 Å². The van der Waals surface area contributed by atoms with Crippen LogP contribution in [0.4, 0.5) is 10.1 Å². The third-order valence-corrected chi connectivity index (χ3v) is 4.13. The molecule has 1 saturated carbocycles. The zero-order valence-corrected chi connectivity index (χ0v) is 13.7. The van der Waals surface area contributed by atoms with Gasteiger partial charge in [0.05, 0.1) is 17.9 Å². The predicted molar refractivity (Wildman–Crippen MR) is 87.4 cm³/mol. The number of carboxylic acid groups (broad SMARTS) is 1. The van der Waals surface area contributed by atoms with Crippen molar-refractivity contribution in [1.29, 1.82) is 0 Å². The van der Waals surface area contributed by atoms with E-state index in [1.807, 2.05) is 0 Å². The molecule has 2 aromatic rings. The molecule has 0 aliphatic heterocycles. The number of halogens is 1. The average Bonchev–Trinajstić information content (AvgIpc) is 2.84. The second-order valence-electron chi connectivity index (χ2n) is 6.06. The van der Waals surface area contributed by atoms with Crippen LogP contribution in [0.25, 0.3) is 0 Å². The number of hydrogen-bond acceptors (Lipinski definition) is 4. The van der Waals surface area contributed by atoms with Crippen molar-refractivity contribution in [2.75, 3.05) is 5.32 Å². The second kappa shape index (κ2) is 6.96. The zero-order valence-electron chi connectivity index (χ0n) is 13.7. The van der Waals surface area contributed by atoms with Crippen molar-refractivity contribution in [2.45, 2.75) is 38.7 Å². The van der Waals surface area contributed by atoms with Gasteiger partial charge in [-0.3, -0.25) is 9.59 Å². The fraction of sp³-hybridized carbons (Fsp3) is 0.333. The van der Waals surface area contributed by atoms with Crippen molar-refractivity contribution in [2.24, 2.45) is 0 Å². The Kier molecular flexibility index (Phi) is 4.74. The van der Waals surface area contributed by atoms with Crippen LogP contribution in [-0.4, -0.2) is 23.1 Å². The molecule has 1 aromatic heterocycles. The second-order valence-corrected chi connectivity index (χ2v) is 6.06. The fourth-order valence-corrected chi connectivity index (χ4v) is 2.61. The van der Waals surface area contributed by atoms with Gasteiger partial charge in [-0.2, -0.15) is 0 Å². The Bertz CT molecular complexity index is 810. The van der Waals surface area contributed by atoms with Crippen molar-refractivity contribution >= 4 is 17.6 Å². The summed E-state index contributed by atoms with van der Waals surface area (Å²) in [6, 6.07) is 4.20. The van der Waals surface area contributed by atoms with E-state index in [-0.39, 0.29) is 28.9 Å². The monoisotopic (exact) mass is 347 g/mol. The summed E-state index contributed by atoms with van der Waals surface area (Å²) < 4.78 is 24.8. The Morgan fingerprint density at radius 2 is 2.16 bits per heavy atom. The van der Waals surface area contributed by atoms with Gasteiger partial charge >= 0.3 is 5.97 Å². The summed E-state index contributed by atoms with van der Waals surface area (Å²) in [5, 5.41) is 11.4. The number of benzene rings is 1. The van der Waals surface area contributed by atoms with E-state index >= 15 is 0 Å². The van der Waals surface area contributed by atoms with E-state index in [9.17, 15) is 14.0 Å². The van der Waals surface area contributed by atoms with Crippen LogP contribution in [0.15, 0.2) is 28.9 Å². The maximum atomic E-state index is 14.1. The largest absolute Gasteiger partial charge is 0.487 e. The number of anilines is 1. The van der Waals surface area contributed by atoms with Crippen molar-refractivity contribution < 1.29 is 28.2 Å². The molecular formula is C18H18FNO5. The summed E-state index contributed by atoms with van der Waals surface area (Å²) in [7, 11) is 0. The van der Waals surface area contributed by atoms with Gasteiger partial charge in [0.15, 0.2) is 11.6 Å². The first-order valence-corrected chi connectivity index (χ1v) is 8.00. The lowest BCUT2D eigenvalue weighted by Crippen LogP contribution is -2.25. The van der Waals surface area contributed by atoms with Crippen LogP contribution in [-0.2, 0) is 11.2 Å². The van der Waals surface area contributed by atoms with Crippen molar-refractivity contribution in [1.82, 2.24) is 0 Å². The van der Waals surface area contributed by atoms with Crippen molar-refractivity contribution in [3.63, 3.8) is 0 Å². The Labute approximate surface area is 143 Å². The smallest absolute Gasteiger partial charge is 0.311 e. The highest BCUT2D eigenvalue weighted by Gasteiger charge is 2.22. The van der Waals surface area contributed by atoms with E-state index in [0.717, 1.165) is 19.3 Å². The van der Waals surface area contributed by atoms with Gasteiger partial charge in [0, 0.05) is 17.3 Å². The number of carbonyl (C=O) groups excluding carboxylic acids is 1. The van der Waals surface area contributed by atoms with Gasteiger partial charge in [0.1, 0.15) is 12.2 Å². The van der Waals surface area contributed by atoms with E-state index < -0.39 is 24.1 Å². The van der Waals surface area contributed by atoms with Gasteiger partial charge in [-0.15, -0.1) is 0 Å². The van der Waals surface area contributed by atoms with E-state index in [0.29, 0.717) is 5.56 Å². The standard InChI is InChI=1S/C18H18FNO5/c1-10-9-24-15(8-16(21)22)17(10)18(23)20-11-5-6-14(13(19)7-11)25-12-3-2-4-12/h5-7,9,12H,2-4,8H2,1H3,(H,20,23)(H,21,22). The molecule has 3 rings (SSSR count). The molecule has 1 amide bonds. The quantitative estimate of drug-likeness (QED) is 0.834. The fourth-order valence-electron chi connectivity index (χ4n) is 2.61. The van der Waals surface area contributed by atoms with Gasteiger partial charge in [-0.25, -0.2) is 4.39 Å². The topological polar surface area (TPSA) is 88.8 Å². The Hall–Kier alpha value is -2.83. The number of carboxylic acids is 1. The summed E-state index contributed by atoms with van der Waals surface area (Å²) in [5.41, 5.74) is 0.919. The van der Waals surface area contributed by atoms with E-state index in [1.165, 1.54) is 18.4 Å². The molecule has 0 unspecified atom stereocenters. The molecule has 2 N–H and O–H groups in total. The van der Waals surface area contributed by atoms with Crippen molar-refractivity contribution in [3.05, 3.63) is 47.2 Å². The molecule has 0 radical (unpaired) electrons. The molecule has 25 heavy (non-hydrogen) atoms. The minimum Gasteiger partial charge on any atom is -0.487 e. The third kappa shape index (κ3) is 3.81. The first-order valence-electron chi connectivity index (χ1n) is 8.00. The maximum absolute atomic E-state index is 14.1.